The van der Waals surface area contributed by atoms with Gasteiger partial charge >= 0.3 is 0 Å². The van der Waals surface area contributed by atoms with Gasteiger partial charge in [0.25, 0.3) is 5.91 Å². The molecule has 2 aliphatic heterocycles. The number of hydrogen-bond acceptors (Lipinski definition) is 6. The molecule has 0 radical (unpaired) electrons. The molecule has 33 heavy (non-hydrogen) atoms. The van der Waals surface area contributed by atoms with Crippen molar-refractivity contribution in [2.75, 3.05) is 18.2 Å². The lowest BCUT2D eigenvalue weighted by molar-refractivity contribution is -0.121. The molecule has 0 unspecified atom stereocenters. The minimum atomic E-state index is -0.191. The van der Waals surface area contributed by atoms with Crippen LogP contribution < -0.4 is 24.4 Å². The van der Waals surface area contributed by atoms with E-state index in [1.807, 2.05) is 43.3 Å². The smallest absolute Gasteiger partial charge is 0.263 e. The van der Waals surface area contributed by atoms with Gasteiger partial charge in [-0.1, -0.05) is 12.1 Å². The number of carbonyl (C=O) groups excluding carboxylic acids is 2. The van der Waals surface area contributed by atoms with Crippen LogP contribution in [0.25, 0.3) is 0 Å². The van der Waals surface area contributed by atoms with Crippen LogP contribution in [-0.4, -0.2) is 30.1 Å². The molecule has 0 aliphatic carbocycles. The molecule has 0 saturated carbocycles. The Labute approximate surface area is 191 Å². The van der Waals surface area contributed by atoms with Crippen molar-refractivity contribution in [2.45, 2.75) is 26.3 Å². The average Bonchev–Trinajstić information content (AvgIpc) is 3.25. The normalized spacial score (nSPS) is 13.6. The molecule has 0 saturated heterocycles. The second-order valence-electron chi connectivity index (χ2n) is 7.95. The first-order chi connectivity index (χ1) is 16.1. The largest absolute Gasteiger partial charge is 0.454 e. The molecule has 8 nitrogen and oxygen atoms in total. The quantitative estimate of drug-likeness (QED) is 0.618. The number of anilines is 1. The van der Waals surface area contributed by atoms with Gasteiger partial charge in [-0.25, -0.2) is 4.98 Å². The van der Waals surface area contributed by atoms with Crippen LogP contribution in [0, 0.1) is 6.92 Å². The van der Waals surface area contributed by atoms with Gasteiger partial charge in [0.1, 0.15) is 5.56 Å². The van der Waals surface area contributed by atoms with Gasteiger partial charge in [-0.05, 0) is 60.9 Å². The van der Waals surface area contributed by atoms with Gasteiger partial charge < -0.3 is 24.4 Å². The number of ether oxygens (including phenoxy) is 3. The van der Waals surface area contributed by atoms with Gasteiger partial charge in [0.15, 0.2) is 17.2 Å². The maximum absolute atomic E-state index is 13.3. The maximum atomic E-state index is 13.3. The predicted molar refractivity (Wildman–Crippen MR) is 121 cm³/mol. The Morgan fingerprint density at radius 3 is 2.85 bits per heavy atom. The van der Waals surface area contributed by atoms with E-state index in [1.54, 1.807) is 23.2 Å². The molecule has 2 amide bonds. The number of fused-ring (bicyclic) bond motifs is 3. The molecule has 168 valence electrons. The number of carbonyl (C=O) groups is 2. The SMILES string of the molecule is Cc1ccc2c(c1)N(CCCC(=O)NCc1ccc3c(c1)OCO3)C(=O)c1cccnc1O2. The highest BCUT2D eigenvalue weighted by atomic mass is 16.7. The Kier molecular flexibility index (Phi) is 5.56. The van der Waals surface area contributed by atoms with Crippen LogP contribution in [0.4, 0.5) is 5.69 Å². The average molecular weight is 445 g/mol. The van der Waals surface area contributed by atoms with Crippen LogP contribution in [0.5, 0.6) is 23.1 Å². The van der Waals surface area contributed by atoms with E-state index in [0.717, 1.165) is 11.1 Å². The molecular weight excluding hydrogens is 422 g/mol. The highest BCUT2D eigenvalue weighted by Crippen LogP contribution is 2.38. The first-order valence-electron chi connectivity index (χ1n) is 10.8. The third-order valence-corrected chi connectivity index (χ3v) is 5.57. The molecule has 8 heteroatoms. The number of aromatic nitrogens is 1. The number of hydrogen-bond donors (Lipinski definition) is 1. The van der Waals surface area contributed by atoms with Crippen LogP contribution in [0.15, 0.2) is 54.7 Å². The molecule has 3 heterocycles. The van der Waals surface area contributed by atoms with Gasteiger partial charge in [-0.3, -0.25) is 9.59 Å². The fourth-order valence-electron chi connectivity index (χ4n) is 3.88. The Bertz CT molecular complexity index is 1230. The zero-order valence-electron chi connectivity index (χ0n) is 18.2. The molecule has 1 aromatic heterocycles. The van der Waals surface area contributed by atoms with E-state index in [9.17, 15) is 9.59 Å². The monoisotopic (exact) mass is 445 g/mol. The van der Waals surface area contributed by atoms with Crippen molar-refractivity contribution in [1.29, 1.82) is 0 Å². The van der Waals surface area contributed by atoms with Crippen molar-refractivity contribution in [3.63, 3.8) is 0 Å². The van der Waals surface area contributed by atoms with Crippen molar-refractivity contribution in [1.82, 2.24) is 10.3 Å². The number of nitrogens with zero attached hydrogens (tertiary/aromatic N) is 2. The fourth-order valence-corrected chi connectivity index (χ4v) is 3.88. The Balaban J connectivity index is 1.23. The molecule has 0 fully saturated rings. The molecule has 1 N–H and O–H groups in total. The Morgan fingerprint density at radius 2 is 1.94 bits per heavy atom. The van der Waals surface area contributed by atoms with E-state index in [1.165, 1.54) is 0 Å². The van der Waals surface area contributed by atoms with E-state index >= 15 is 0 Å². The van der Waals surface area contributed by atoms with Crippen LogP contribution in [0.1, 0.15) is 34.3 Å². The number of rotatable bonds is 6. The van der Waals surface area contributed by atoms with Gasteiger partial charge in [-0.15, -0.1) is 0 Å². The number of benzene rings is 2. The van der Waals surface area contributed by atoms with Crippen molar-refractivity contribution in [3.05, 3.63) is 71.4 Å². The fraction of sp³-hybridized carbons (Fsp3) is 0.240. The molecule has 2 aromatic carbocycles. The highest BCUT2D eigenvalue weighted by Gasteiger charge is 2.28. The molecule has 0 bridgehead atoms. The van der Waals surface area contributed by atoms with E-state index in [-0.39, 0.29) is 30.9 Å². The summed E-state index contributed by atoms with van der Waals surface area (Å²) in [6.07, 6.45) is 2.39. The van der Waals surface area contributed by atoms with Gasteiger partial charge in [0.05, 0.1) is 5.69 Å². The number of aryl methyl sites for hydroxylation is 1. The minimum Gasteiger partial charge on any atom is -0.454 e. The zero-order chi connectivity index (χ0) is 22.8. The number of nitrogens with one attached hydrogen (secondary N) is 1. The predicted octanol–water partition coefficient (Wildman–Crippen LogP) is 3.97. The summed E-state index contributed by atoms with van der Waals surface area (Å²) < 4.78 is 16.6. The van der Waals surface area contributed by atoms with E-state index in [0.29, 0.717) is 48.0 Å². The standard InChI is InChI=1S/C25H23N3O5/c1-16-6-8-20-19(12-16)28(25(30)18-4-2-10-26-24(18)33-20)11-3-5-23(29)27-14-17-7-9-21-22(13-17)32-15-31-21/h2,4,6-10,12-13H,3,5,11,14-15H2,1H3,(H,27,29). The van der Waals surface area contributed by atoms with Crippen LogP contribution in [-0.2, 0) is 11.3 Å². The van der Waals surface area contributed by atoms with Crippen LogP contribution >= 0.6 is 0 Å². The topological polar surface area (TPSA) is 90.0 Å². The van der Waals surface area contributed by atoms with Gasteiger partial charge in [0, 0.05) is 25.7 Å². The van der Waals surface area contributed by atoms with Crippen molar-refractivity contribution >= 4 is 17.5 Å². The van der Waals surface area contributed by atoms with Crippen molar-refractivity contribution in [2.24, 2.45) is 0 Å². The Morgan fingerprint density at radius 1 is 1.09 bits per heavy atom. The van der Waals surface area contributed by atoms with Crippen LogP contribution in [0.2, 0.25) is 0 Å². The summed E-state index contributed by atoms with van der Waals surface area (Å²) in [5.74, 6) is 1.98. The van der Waals surface area contributed by atoms with E-state index in [4.69, 9.17) is 14.2 Å². The second kappa shape index (κ2) is 8.82. The third kappa shape index (κ3) is 4.32. The lowest BCUT2D eigenvalue weighted by Gasteiger charge is -2.22. The summed E-state index contributed by atoms with van der Waals surface area (Å²) in [4.78, 5) is 31.6. The Hall–Kier alpha value is -4.07. The lowest BCUT2D eigenvalue weighted by atomic mass is 10.1. The molecule has 2 aliphatic rings. The number of pyridine rings is 1. The highest BCUT2D eigenvalue weighted by molar-refractivity contribution is 6.09. The zero-order valence-corrected chi connectivity index (χ0v) is 18.2. The lowest BCUT2D eigenvalue weighted by Crippen LogP contribution is -2.32. The second-order valence-corrected chi connectivity index (χ2v) is 7.95. The summed E-state index contributed by atoms with van der Waals surface area (Å²) >= 11 is 0. The van der Waals surface area contributed by atoms with Crippen molar-refractivity contribution in [3.8, 4) is 23.1 Å². The molecule has 0 atom stereocenters. The maximum Gasteiger partial charge on any atom is 0.263 e. The summed E-state index contributed by atoms with van der Waals surface area (Å²) in [5, 5.41) is 2.92. The van der Waals surface area contributed by atoms with Gasteiger partial charge in [-0.2, -0.15) is 0 Å². The molecule has 0 spiro atoms. The summed E-state index contributed by atoms with van der Waals surface area (Å²) in [5.41, 5.74) is 3.02. The molecular formula is C25H23N3O5. The van der Waals surface area contributed by atoms with Gasteiger partial charge in [0.2, 0.25) is 18.6 Å². The first-order valence-corrected chi connectivity index (χ1v) is 10.8. The summed E-state index contributed by atoms with van der Waals surface area (Å²) in [6, 6.07) is 14.7. The minimum absolute atomic E-state index is 0.0854. The van der Waals surface area contributed by atoms with Crippen molar-refractivity contribution < 1.29 is 23.8 Å². The first kappa shape index (κ1) is 20.8. The third-order valence-electron chi connectivity index (χ3n) is 5.57. The molecule has 5 rings (SSSR count). The summed E-state index contributed by atoms with van der Waals surface area (Å²) in [7, 11) is 0. The van der Waals surface area contributed by atoms with E-state index < -0.39 is 0 Å². The summed E-state index contributed by atoms with van der Waals surface area (Å²) in [6.45, 7) is 2.95. The van der Waals surface area contributed by atoms with Crippen LogP contribution in [0.3, 0.4) is 0 Å². The molecule has 3 aromatic rings. The number of amides is 2. The van der Waals surface area contributed by atoms with E-state index in [2.05, 4.69) is 10.3 Å².